The molecule has 30 heavy (non-hydrogen) atoms. The van der Waals surface area contributed by atoms with Crippen molar-refractivity contribution >= 4 is 58.2 Å². The van der Waals surface area contributed by atoms with Crippen molar-refractivity contribution in [1.82, 2.24) is 9.88 Å². The molecular weight excluding hydrogens is 447 g/mol. The molecule has 1 N–H and O–H groups in total. The number of imide groups is 1. The second-order valence-corrected chi connectivity index (χ2v) is 8.42. The normalized spacial score (nSPS) is 15.3. The Labute approximate surface area is 187 Å². The molecule has 0 aliphatic carbocycles. The first kappa shape index (κ1) is 22.3. The van der Waals surface area contributed by atoms with Crippen LogP contribution in [0.5, 0.6) is 0 Å². The first-order chi connectivity index (χ1) is 14.3. The van der Waals surface area contributed by atoms with E-state index in [4.69, 9.17) is 28.3 Å². The molecule has 1 aliphatic rings. The summed E-state index contributed by atoms with van der Waals surface area (Å²) in [5, 5.41) is 9.20. The van der Waals surface area contributed by atoms with E-state index in [1.165, 1.54) is 4.90 Å². The molecule has 0 bridgehead atoms. The number of aromatic nitrogens is 1. The van der Waals surface area contributed by atoms with E-state index in [-0.39, 0.29) is 24.1 Å². The standard InChI is InChI=1S/C21H18Cl2N2O4S/c22-15-9-8-13(11-16(15)23)17-6-4-5-14(24-17)12-18-20(28)25(21(29)30-18)10-3-1-2-7-19(26)27/h4-6,8-9,11-12H,1-3,7,10H2,(H,26,27)/b18-12-. The Bertz CT molecular complexity index is 1030. The fraction of sp³-hybridized carbons (Fsp3) is 0.238. The summed E-state index contributed by atoms with van der Waals surface area (Å²) in [5.74, 6) is -1.20. The van der Waals surface area contributed by atoms with E-state index in [2.05, 4.69) is 4.98 Å². The first-order valence-electron chi connectivity index (χ1n) is 9.25. The monoisotopic (exact) mass is 464 g/mol. The zero-order valence-electron chi connectivity index (χ0n) is 15.8. The quantitative estimate of drug-likeness (QED) is 0.395. The van der Waals surface area contributed by atoms with Crippen LogP contribution in [0.4, 0.5) is 4.79 Å². The van der Waals surface area contributed by atoms with Gasteiger partial charge in [0.15, 0.2) is 0 Å². The lowest BCUT2D eigenvalue weighted by Crippen LogP contribution is -2.29. The van der Waals surface area contributed by atoms with E-state index in [0.29, 0.717) is 45.6 Å². The van der Waals surface area contributed by atoms with Crippen molar-refractivity contribution in [2.75, 3.05) is 6.54 Å². The number of carbonyl (C=O) groups is 3. The molecule has 0 radical (unpaired) electrons. The van der Waals surface area contributed by atoms with Crippen LogP contribution in [0.3, 0.4) is 0 Å². The Balaban J connectivity index is 1.69. The minimum atomic E-state index is -0.847. The Morgan fingerprint density at radius 3 is 2.63 bits per heavy atom. The van der Waals surface area contributed by atoms with Gasteiger partial charge >= 0.3 is 5.97 Å². The van der Waals surface area contributed by atoms with Crippen molar-refractivity contribution in [3.63, 3.8) is 0 Å². The third kappa shape index (κ3) is 5.62. The fourth-order valence-corrected chi connectivity index (χ4v) is 4.05. The number of pyridine rings is 1. The van der Waals surface area contributed by atoms with Crippen LogP contribution in [0, 0.1) is 0 Å². The average Bonchev–Trinajstić information content (AvgIpc) is 2.97. The maximum Gasteiger partial charge on any atom is 0.303 e. The summed E-state index contributed by atoms with van der Waals surface area (Å²) in [6, 6.07) is 10.6. The van der Waals surface area contributed by atoms with Crippen molar-refractivity contribution < 1.29 is 19.5 Å². The van der Waals surface area contributed by atoms with Gasteiger partial charge in [0.05, 0.1) is 26.3 Å². The molecule has 1 aromatic heterocycles. The summed E-state index contributed by atoms with van der Waals surface area (Å²) >= 11 is 12.9. The summed E-state index contributed by atoms with van der Waals surface area (Å²) in [5.41, 5.74) is 2.00. The van der Waals surface area contributed by atoms with Crippen molar-refractivity contribution in [1.29, 1.82) is 0 Å². The van der Waals surface area contributed by atoms with Gasteiger partial charge in [0.1, 0.15) is 0 Å². The highest BCUT2D eigenvalue weighted by Crippen LogP contribution is 2.33. The lowest BCUT2D eigenvalue weighted by molar-refractivity contribution is -0.137. The van der Waals surface area contributed by atoms with Gasteiger partial charge in [-0.25, -0.2) is 4.98 Å². The maximum absolute atomic E-state index is 12.6. The number of aliphatic carboxylic acids is 1. The van der Waals surface area contributed by atoms with Gasteiger partial charge in [-0.3, -0.25) is 19.3 Å². The number of thioether (sulfide) groups is 1. The molecule has 2 heterocycles. The van der Waals surface area contributed by atoms with Crippen LogP contribution >= 0.6 is 35.0 Å². The first-order valence-corrected chi connectivity index (χ1v) is 10.8. The fourth-order valence-electron chi connectivity index (χ4n) is 2.90. The molecule has 0 saturated carbocycles. The van der Waals surface area contributed by atoms with Crippen molar-refractivity contribution in [3.05, 3.63) is 57.0 Å². The third-order valence-corrected chi connectivity index (χ3v) is 6.06. The summed E-state index contributed by atoms with van der Waals surface area (Å²) in [4.78, 5) is 41.4. The number of benzene rings is 1. The third-order valence-electron chi connectivity index (χ3n) is 4.41. The van der Waals surface area contributed by atoms with Crippen LogP contribution in [0.1, 0.15) is 31.4 Å². The van der Waals surface area contributed by atoms with Crippen LogP contribution in [0.2, 0.25) is 10.0 Å². The number of amides is 2. The molecule has 156 valence electrons. The molecule has 2 amide bonds. The number of nitrogens with zero attached hydrogens (tertiary/aromatic N) is 2. The minimum absolute atomic E-state index is 0.0859. The van der Waals surface area contributed by atoms with Gasteiger partial charge in [-0.05, 0) is 54.9 Å². The molecule has 0 atom stereocenters. The molecule has 9 heteroatoms. The highest BCUT2D eigenvalue weighted by Gasteiger charge is 2.34. The van der Waals surface area contributed by atoms with Crippen molar-refractivity contribution in [2.24, 2.45) is 0 Å². The topological polar surface area (TPSA) is 87.6 Å². The molecule has 1 aliphatic heterocycles. The number of carboxylic acids is 1. The van der Waals surface area contributed by atoms with Crippen molar-refractivity contribution in [3.8, 4) is 11.3 Å². The van der Waals surface area contributed by atoms with E-state index in [0.717, 1.165) is 17.3 Å². The Morgan fingerprint density at radius 2 is 1.90 bits per heavy atom. The zero-order valence-corrected chi connectivity index (χ0v) is 18.1. The van der Waals surface area contributed by atoms with E-state index < -0.39 is 5.97 Å². The van der Waals surface area contributed by atoms with Gasteiger partial charge in [0.25, 0.3) is 11.1 Å². The lowest BCUT2D eigenvalue weighted by Gasteiger charge is -2.11. The highest BCUT2D eigenvalue weighted by molar-refractivity contribution is 8.18. The Kier molecular flexibility index (Phi) is 7.53. The molecular formula is C21H18Cl2N2O4S. The largest absolute Gasteiger partial charge is 0.481 e. The SMILES string of the molecule is O=C(O)CCCCCN1C(=O)S/C(=C\c2cccc(-c3ccc(Cl)c(Cl)c3)n2)C1=O. The number of carbonyl (C=O) groups excluding carboxylic acids is 2. The van der Waals surface area contributed by atoms with Gasteiger partial charge in [-0.1, -0.05) is 41.8 Å². The number of carboxylic acid groups (broad SMARTS) is 1. The average molecular weight is 465 g/mol. The summed E-state index contributed by atoms with van der Waals surface area (Å²) in [7, 11) is 0. The molecule has 1 fully saturated rings. The molecule has 0 spiro atoms. The number of unbranched alkanes of at least 4 members (excludes halogenated alkanes) is 2. The van der Waals surface area contributed by atoms with Gasteiger partial charge in [-0.2, -0.15) is 0 Å². The van der Waals surface area contributed by atoms with E-state index in [9.17, 15) is 14.4 Å². The predicted molar refractivity (Wildman–Crippen MR) is 118 cm³/mol. The van der Waals surface area contributed by atoms with Gasteiger partial charge in [-0.15, -0.1) is 0 Å². The molecule has 0 unspecified atom stereocenters. The van der Waals surface area contributed by atoms with E-state index in [1.54, 1.807) is 30.3 Å². The Hall–Kier alpha value is -2.35. The summed E-state index contributed by atoms with van der Waals surface area (Å²) in [6.07, 6.45) is 3.41. The minimum Gasteiger partial charge on any atom is -0.481 e. The van der Waals surface area contributed by atoms with Crippen LogP contribution in [0.25, 0.3) is 17.3 Å². The smallest absolute Gasteiger partial charge is 0.303 e. The second-order valence-electron chi connectivity index (χ2n) is 6.61. The number of hydrogen-bond donors (Lipinski definition) is 1. The van der Waals surface area contributed by atoms with E-state index >= 15 is 0 Å². The zero-order chi connectivity index (χ0) is 21.7. The van der Waals surface area contributed by atoms with E-state index in [1.807, 2.05) is 12.1 Å². The van der Waals surface area contributed by atoms with Gasteiger partial charge in [0, 0.05) is 18.5 Å². The lowest BCUT2D eigenvalue weighted by atomic mass is 10.1. The van der Waals surface area contributed by atoms with Crippen LogP contribution in [0.15, 0.2) is 41.3 Å². The van der Waals surface area contributed by atoms with Crippen LogP contribution in [-0.4, -0.2) is 38.7 Å². The summed E-state index contributed by atoms with van der Waals surface area (Å²) < 4.78 is 0. The van der Waals surface area contributed by atoms with Gasteiger partial charge < -0.3 is 5.11 Å². The molecule has 6 nitrogen and oxygen atoms in total. The van der Waals surface area contributed by atoms with Crippen LogP contribution in [-0.2, 0) is 9.59 Å². The van der Waals surface area contributed by atoms with Gasteiger partial charge in [0.2, 0.25) is 0 Å². The number of halogens is 2. The van der Waals surface area contributed by atoms with Crippen LogP contribution < -0.4 is 0 Å². The molecule has 3 rings (SSSR count). The molecule has 2 aromatic rings. The highest BCUT2D eigenvalue weighted by atomic mass is 35.5. The predicted octanol–water partition coefficient (Wildman–Crippen LogP) is 5.74. The molecule has 1 saturated heterocycles. The Morgan fingerprint density at radius 1 is 1.10 bits per heavy atom. The molecule has 1 aromatic carbocycles. The number of rotatable bonds is 8. The number of hydrogen-bond acceptors (Lipinski definition) is 5. The summed E-state index contributed by atoms with van der Waals surface area (Å²) in [6.45, 7) is 0.276. The van der Waals surface area contributed by atoms with Crippen molar-refractivity contribution in [2.45, 2.75) is 25.7 Å². The maximum atomic E-state index is 12.6. The second kappa shape index (κ2) is 10.1.